The van der Waals surface area contributed by atoms with Gasteiger partial charge in [0.25, 0.3) is 0 Å². The second kappa shape index (κ2) is 6.66. The molecule has 0 bridgehead atoms. The molecule has 0 aliphatic heterocycles. The first-order chi connectivity index (χ1) is 8.11. The summed E-state index contributed by atoms with van der Waals surface area (Å²) >= 11 is 0. The summed E-state index contributed by atoms with van der Waals surface area (Å²) in [7, 11) is 0. The fourth-order valence-corrected chi connectivity index (χ4v) is 1.20. The van der Waals surface area contributed by atoms with Crippen LogP contribution in [0.5, 0.6) is 0 Å². The van der Waals surface area contributed by atoms with Crippen molar-refractivity contribution in [3.8, 4) is 0 Å². The molecule has 4 N–H and O–H groups in total. The third-order valence-electron chi connectivity index (χ3n) is 1.92. The summed E-state index contributed by atoms with van der Waals surface area (Å²) < 4.78 is 9.72. The van der Waals surface area contributed by atoms with Crippen LogP contribution in [0.3, 0.4) is 0 Å². The van der Waals surface area contributed by atoms with Crippen LogP contribution < -0.4 is 11.1 Å². The Morgan fingerprint density at radius 2 is 2.29 bits per heavy atom. The highest BCUT2D eigenvalue weighted by atomic mass is 16.5. The Balaban J connectivity index is 2.20. The summed E-state index contributed by atoms with van der Waals surface area (Å²) in [4.78, 5) is 21.0. The lowest BCUT2D eigenvalue weighted by molar-refractivity contribution is -0.122. The van der Waals surface area contributed by atoms with Crippen LogP contribution in [0.2, 0.25) is 0 Å². The van der Waals surface area contributed by atoms with Crippen molar-refractivity contribution in [2.24, 2.45) is 5.73 Å². The Kier molecular flexibility index (Phi) is 5.18. The van der Waals surface area contributed by atoms with Crippen LogP contribution in [0.4, 0.5) is 0 Å². The van der Waals surface area contributed by atoms with Crippen LogP contribution in [0.1, 0.15) is 16.1 Å². The van der Waals surface area contributed by atoms with Crippen molar-refractivity contribution in [1.82, 2.24) is 5.32 Å². The number of nitrogens with two attached hydrogens (primary N) is 1. The quantitative estimate of drug-likeness (QED) is 0.533. The Labute approximate surface area is 97.5 Å². The van der Waals surface area contributed by atoms with Crippen molar-refractivity contribution in [1.29, 1.82) is 0 Å². The molecule has 1 amide bonds. The molecule has 0 saturated heterocycles. The van der Waals surface area contributed by atoms with Crippen molar-refractivity contribution in [2.75, 3.05) is 19.8 Å². The van der Waals surface area contributed by atoms with E-state index >= 15 is 0 Å². The van der Waals surface area contributed by atoms with E-state index in [1.165, 1.54) is 6.26 Å². The normalized spacial score (nSPS) is 10.4. The second-order valence-corrected chi connectivity index (χ2v) is 3.28. The number of carbonyl (C=O) groups is 2. The predicted octanol–water partition coefficient (Wildman–Crippen LogP) is -0.431. The fourth-order valence-electron chi connectivity index (χ4n) is 1.20. The van der Waals surface area contributed by atoms with Gasteiger partial charge in [-0.3, -0.25) is 4.79 Å². The number of rotatable bonds is 8. The van der Waals surface area contributed by atoms with Crippen molar-refractivity contribution in [2.45, 2.75) is 6.54 Å². The smallest absolute Gasteiger partial charge is 0.372 e. The van der Waals surface area contributed by atoms with E-state index in [2.05, 4.69) is 5.32 Å². The number of hydrogen-bond acceptors (Lipinski definition) is 5. The van der Waals surface area contributed by atoms with E-state index in [1.54, 1.807) is 6.07 Å². The fraction of sp³-hybridized carbons (Fsp3) is 0.400. The molecule has 0 aliphatic carbocycles. The number of nitrogens with one attached hydrogen (secondary N) is 1. The molecule has 17 heavy (non-hydrogen) atoms. The van der Waals surface area contributed by atoms with Crippen molar-refractivity contribution >= 4 is 11.9 Å². The molecule has 0 radical (unpaired) electrons. The van der Waals surface area contributed by atoms with E-state index < -0.39 is 11.9 Å². The number of carboxylic acids is 1. The lowest BCUT2D eigenvalue weighted by Gasteiger charge is -2.04. The molecular weight excluding hydrogens is 228 g/mol. The number of ether oxygens (including phenoxy) is 1. The van der Waals surface area contributed by atoms with Crippen molar-refractivity contribution in [3.05, 3.63) is 23.7 Å². The van der Waals surface area contributed by atoms with Gasteiger partial charge in [-0.2, -0.15) is 0 Å². The second-order valence-electron chi connectivity index (χ2n) is 3.28. The standard InChI is InChI=1S/C10H14N2O5/c11-8(13)6-16-4-2-12-5-7-1-3-17-9(7)10(14)15/h1,3,12H,2,4-6H2,(H2,11,13)(H,14,15). The molecule has 1 aromatic heterocycles. The van der Waals surface area contributed by atoms with Gasteiger partial charge >= 0.3 is 5.97 Å². The topological polar surface area (TPSA) is 115 Å². The number of amides is 1. The van der Waals surface area contributed by atoms with Crippen LogP contribution in [0.15, 0.2) is 16.7 Å². The molecule has 0 atom stereocenters. The van der Waals surface area contributed by atoms with Crippen LogP contribution in [0, 0.1) is 0 Å². The van der Waals surface area contributed by atoms with Gasteiger partial charge in [-0.15, -0.1) is 0 Å². The highest BCUT2D eigenvalue weighted by Gasteiger charge is 2.12. The molecule has 0 aromatic carbocycles. The molecule has 0 unspecified atom stereocenters. The van der Waals surface area contributed by atoms with Gasteiger partial charge in [0.1, 0.15) is 6.61 Å². The van der Waals surface area contributed by atoms with E-state index in [1.807, 2.05) is 0 Å². The summed E-state index contributed by atoms with van der Waals surface area (Å²) in [6, 6.07) is 1.58. The first kappa shape index (κ1) is 13.2. The minimum absolute atomic E-state index is 0.0736. The van der Waals surface area contributed by atoms with E-state index in [9.17, 15) is 9.59 Å². The Morgan fingerprint density at radius 1 is 1.53 bits per heavy atom. The molecular formula is C10H14N2O5. The summed E-state index contributed by atoms with van der Waals surface area (Å²) in [5, 5.41) is 11.7. The SMILES string of the molecule is NC(=O)COCCNCc1ccoc1C(=O)O. The van der Waals surface area contributed by atoms with Gasteiger partial charge in [0, 0.05) is 18.7 Å². The summed E-state index contributed by atoms with van der Waals surface area (Å²) in [5.74, 6) is -1.69. The van der Waals surface area contributed by atoms with Crippen molar-refractivity contribution < 1.29 is 23.8 Å². The number of aromatic carboxylic acids is 1. The van der Waals surface area contributed by atoms with E-state index in [4.69, 9.17) is 20.0 Å². The van der Waals surface area contributed by atoms with Crippen molar-refractivity contribution in [3.63, 3.8) is 0 Å². The number of carbonyl (C=O) groups excluding carboxylic acids is 1. The zero-order chi connectivity index (χ0) is 12.7. The maximum absolute atomic E-state index is 10.7. The monoisotopic (exact) mass is 242 g/mol. The molecule has 7 nitrogen and oxygen atoms in total. The highest BCUT2D eigenvalue weighted by molar-refractivity contribution is 5.86. The van der Waals surface area contributed by atoms with Gasteiger partial charge in [-0.25, -0.2) is 4.79 Å². The van der Waals surface area contributed by atoms with E-state index in [0.717, 1.165) is 0 Å². The molecule has 1 rings (SSSR count). The number of furan rings is 1. The first-order valence-corrected chi connectivity index (χ1v) is 4.97. The average Bonchev–Trinajstić information content (AvgIpc) is 2.71. The van der Waals surface area contributed by atoms with E-state index in [0.29, 0.717) is 25.3 Å². The predicted molar refractivity (Wildman–Crippen MR) is 57.4 cm³/mol. The van der Waals surface area contributed by atoms with Crippen LogP contribution in [-0.2, 0) is 16.1 Å². The zero-order valence-electron chi connectivity index (χ0n) is 9.14. The van der Waals surface area contributed by atoms with Crippen LogP contribution in [0.25, 0.3) is 0 Å². The van der Waals surface area contributed by atoms with Gasteiger partial charge in [0.05, 0.1) is 12.9 Å². The molecule has 0 spiro atoms. The van der Waals surface area contributed by atoms with Crippen LogP contribution in [-0.4, -0.2) is 36.7 Å². The lowest BCUT2D eigenvalue weighted by Crippen LogP contribution is -2.24. The Hall–Kier alpha value is -1.86. The van der Waals surface area contributed by atoms with Gasteiger partial charge in [-0.05, 0) is 6.07 Å². The Bertz CT molecular complexity index is 388. The third-order valence-corrected chi connectivity index (χ3v) is 1.92. The number of hydrogen-bond donors (Lipinski definition) is 3. The molecule has 0 aliphatic rings. The number of primary amides is 1. The van der Waals surface area contributed by atoms with Gasteiger partial charge in [0.2, 0.25) is 11.7 Å². The zero-order valence-corrected chi connectivity index (χ0v) is 9.14. The van der Waals surface area contributed by atoms with Gasteiger partial charge in [0.15, 0.2) is 0 Å². The molecule has 0 saturated carbocycles. The average molecular weight is 242 g/mol. The minimum Gasteiger partial charge on any atom is -0.475 e. The summed E-state index contributed by atoms with van der Waals surface area (Å²) in [5.41, 5.74) is 5.44. The third kappa shape index (κ3) is 4.66. The number of carboxylic acid groups (broad SMARTS) is 1. The molecule has 7 heteroatoms. The maximum Gasteiger partial charge on any atom is 0.372 e. The van der Waals surface area contributed by atoms with Crippen LogP contribution >= 0.6 is 0 Å². The molecule has 0 fully saturated rings. The highest BCUT2D eigenvalue weighted by Crippen LogP contribution is 2.09. The minimum atomic E-state index is -1.10. The van der Waals surface area contributed by atoms with E-state index in [-0.39, 0.29) is 12.4 Å². The first-order valence-electron chi connectivity index (χ1n) is 4.97. The lowest BCUT2D eigenvalue weighted by atomic mass is 10.2. The largest absolute Gasteiger partial charge is 0.475 e. The maximum atomic E-state index is 10.7. The van der Waals surface area contributed by atoms with Gasteiger partial charge in [-0.1, -0.05) is 0 Å². The molecule has 1 heterocycles. The molecule has 1 aromatic rings. The van der Waals surface area contributed by atoms with Gasteiger partial charge < -0.3 is 25.3 Å². The Morgan fingerprint density at radius 3 is 2.94 bits per heavy atom. The summed E-state index contributed by atoms with van der Waals surface area (Å²) in [6.07, 6.45) is 1.32. The molecule has 94 valence electrons. The summed E-state index contributed by atoms with van der Waals surface area (Å²) in [6.45, 7) is 1.05.